The van der Waals surface area contributed by atoms with Crippen LogP contribution in [0.3, 0.4) is 0 Å². The average Bonchev–Trinajstić information content (AvgIpc) is 2.45. The molecule has 0 N–H and O–H groups in total. The van der Waals surface area contributed by atoms with Gasteiger partial charge in [0.15, 0.2) is 0 Å². The molecule has 21 heavy (non-hydrogen) atoms. The molecule has 1 saturated heterocycles. The molecule has 1 aromatic rings. The van der Waals surface area contributed by atoms with E-state index in [1.807, 2.05) is 24.3 Å². The lowest BCUT2D eigenvalue weighted by Crippen LogP contribution is -2.46. The molecule has 116 valence electrons. The maximum Gasteiger partial charge on any atom is 0.120 e. The molecule has 0 spiro atoms. The molecular weight excluding hydrogens is 266 g/mol. The van der Waals surface area contributed by atoms with Gasteiger partial charge in [0.2, 0.25) is 0 Å². The highest BCUT2D eigenvalue weighted by atomic mass is 16.5. The number of benzene rings is 1. The smallest absolute Gasteiger partial charge is 0.120 e. The minimum Gasteiger partial charge on any atom is -0.492 e. The topological polar surface area (TPSA) is 30.9 Å². The lowest BCUT2D eigenvalue weighted by atomic mass is 10.2. The van der Waals surface area contributed by atoms with Crippen molar-refractivity contribution in [1.29, 1.82) is 0 Å². The van der Waals surface area contributed by atoms with Gasteiger partial charge in [0.05, 0.1) is 12.2 Å². The first-order valence-corrected chi connectivity index (χ1v) is 7.51. The zero-order valence-corrected chi connectivity index (χ0v) is 13.0. The predicted molar refractivity (Wildman–Crippen MR) is 84.1 cm³/mol. The fraction of sp³-hybridized carbons (Fsp3) is 0.529. The molecule has 1 fully saturated rings. The van der Waals surface area contributed by atoms with Gasteiger partial charge in [-0.05, 0) is 38.1 Å². The van der Waals surface area contributed by atoms with Crippen LogP contribution in [0.5, 0.6) is 11.5 Å². The fourth-order valence-electron chi connectivity index (χ4n) is 2.55. The Bertz CT molecular complexity index is 422. The number of hydrogen-bond donors (Lipinski definition) is 0. The Morgan fingerprint density at radius 3 is 2.29 bits per heavy atom. The summed E-state index contributed by atoms with van der Waals surface area (Å²) in [4.78, 5) is 2.39. The van der Waals surface area contributed by atoms with Crippen molar-refractivity contribution in [2.45, 2.75) is 26.1 Å². The molecule has 0 unspecified atom stereocenters. The first kappa shape index (κ1) is 15.9. The Morgan fingerprint density at radius 1 is 1.14 bits per heavy atom. The van der Waals surface area contributed by atoms with Crippen molar-refractivity contribution in [3.8, 4) is 11.5 Å². The van der Waals surface area contributed by atoms with Crippen LogP contribution in [0.15, 0.2) is 36.9 Å². The SMILES string of the molecule is C=CCOc1ccc(OCCN2C[C@@H](C)O[C@@H](C)C2)cc1. The van der Waals surface area contributed by atoms with Crippen molar-refractivity contribution in [2.24, 2.45) is 0 Å². The molecule has 4 heteroatoms. The Balaban J connectivity index is 1.71. The van der Waals surface area contributed by atoms with E-state index in [0.29, 0.717) is 25.4 Å². The first-order chi connectivity index (χ1) is 10.2. The Morgan fingerprint density at radius 2 is 1.71 bits per heavy atom. The highest BCUT2D eigenvalue weighted by Crippen LogP contribution is 2.18. The standard InChI is InChI=1S/C17H25NO3/c1-4-10-19-16-5-7-17(8-6-16)20-11-9-18-12-14(2)21-15(3)13-18/h4-8,14-15H,1,9-13H2,2-3H3/t14-,15+. The highest BCUT2D eigenvalue weighted by molar-refractivity contribution is 5.31. The van der Waals surface area contributed by atoms with E-state index in [-0.39, 0.29) is 0 Å². The van der Waals surface area contributed by atoms with Crippen molar-refractivity contribution in [2.75, 3.05) is 32.8 Å². The van der Waals surface area contributed by atoms with E-state index in [1.54, 1.807) is 6.08 Å². The van der Waals surface area contributed by atoms with Gasteiger partial charge in [-0.25, -0.2) is 0 Å². The van der Waals surface area contributed by atoms with E-state index in [1.165, 1.54) is 0 Å². The van der Waals surface area contributed by atoms with Gasteiger partial charge in [-0.2, -0.15) is 0 Å². The third kappa shape index (κ3) is 5.40. The van der Waals surface area contributed by atoms with Crippen LogP contribution < -0.4 is 9.47 Å². The van der Waals surface area contributed by atoms with E-state index in [0.717, 1.165) is 31.1 Å². The van der Waals surface area contributed by atoms with Crippen LogP contribution in [0.2, 0.25) is 0 Å². The van der Waals surface area contributed by atoms with Crippen LogP contribution in [0.25, 0.3) is 0 Å². The van der Waals surface area contributed by atoms with Crippen LogP contribution in [0, 0.1) is 0 Å². The molecule has 1 aliphatic heterocycles. The van der Waals surface area contributed by atoms with Crippen LogP contribution in [-0.4, -0.2) is 50.0 Å². The van der Waals surface area contributed by atoms with E-state index >= 15 is 0 Å². The van der Waals surface area contributed by atoms with Crippen molar-refractivity contribution in [3.63, 3.8) is 0 Å². The molecule has 0 saturated carbocycles. The average molecular weight is 291 g/mol. The van der Waals surface area contributed by atoms with Gasteiger partial charge in [-0.15, -0.1) is 0 Å². The molecular formula is C17H25NO3. The second kappa shape index (κ2) is 8.05. The molecule has 0 aliphatic carbocycles. The summed E-state index contributed by atoms with van der Waals surface area (Å²) in [6.45, 7) is 11.9. The summed E-state index contributed by atoms with van der Waals surface area (Å²) < 4.78 is 16.9. The van der Waals surface area contributed by atoms with Crippen LogP contribution in [-0.2, 0) is 4.74 Å². The number of hydrogen-bond acceptors (Lipinski definition) is 4. The molecule has 0 aromatic heterocycles. The van der Waals surface area contributed by atoms with Crippen molar-refractivity contribution in [3.05, 3.63) is 36.9 Å². The van der Waals surface area contributed by atoms with Gasteiger partial charge in [0, 0.05) is 19.6 Å². The summed E-state index contributed by atoms with van der Waals surface area (Å²) in [5.74, 6) is 1.70. The number of morpholine rings is 1. The largest absolute Gasteiger partial charge is 0.492 e. The minimum absolute atomic E-state index is 0.301. The molecule has 0 amide bonds. The first-order valence-electron chi connectivity index (χ1n) is 7.51. The molecule has 0 bridgehead atoms. The second-order valence-corrected chi connectivity index (χ2v) is 5.44. The number of ether oxygens (including phenoxy) is 3. The monoisotopic (exact) mass is 291 g/mol. The van der Waals surface area contributed by atoms with Crippen molar-refractivity contribution >= 4 is 0 Å². The maximum absolute atomic E-state index is 5.78. The van der Waals surface area contributed by atoms with Crippen molar-refractivity contribution < 1.29 is 14.2 Å². The van der Waals surface area contributed by atoms with E-state index < -0.39 is 0 Å². The van der Waals surface area contributed by atoms with Gasteiger partial charge in [-0.3, -0.25) is 4.90 Å². The molecule has 4 nitrogen and oxygen atoms in total. The highest BCUT2D eigenvalue weighted by Gasteiger charge is 2.21. The Hall–Kier alpha value is -1.52. The van der Waals surface area contributed by atoms with Crippen LogP contribution in [0.4, 0.5) is 0 Å². The van der Waals surface area contributed by atoms with Gasteiger partial charge in [0.1, 0.15) is 24.7 Å². The number of nitrogens with zero attached hydrogens (tertiary/aromatic N) is 1. The third-order valence-electron chi connectivity index (χ3n) is 3.36. The lowest BCUT2D eigenvalue weighted by molar-refractivity contribution is -0.0699. The molecule has 2 rings (SSSR count). The fourth-order valence-corrected chi connectivity index (χ4v) is 2.55. The van der Waals surface area contributed by atoms with Crippen molar-refractivity contribution in [1.82, 2.24) is 4.90 Å². The van der Waals surface area contributed by atoms with Gasteiger partial charge in [0.25, 0.3) is 0 Å². The van der Waals surface area contributed by atoms with E-state index in [4.69, 9.17) is 14.2 Å². The Labute approximate surface area is 127 Å². The summed E-state index contributed by atoms with van der Waals surface area (Å²) in [6.07, 6.45) is 2.33. The third-order valence-corrected chi connectivity index (χ3v) is 3.36. The predicted octanol–water partition coefficient (Wildman–Crippen LogP) is 2.74. The van der Waals surface area contributed by atoms with E-state index in [9.17, 15) is 0 Å². The van der Waals surface area contributed by atoms with Gasteiger partial charge in [-0.1, -0.05) is 12.7 Å². The van der Waals surface area contributed by atoms with Gasteiger partial charge < -0.3 is 14.2 Å². The van der Waals surface area contributed by atoms with Crippen LogP contribution >= 0.6 is 0 Å². The summed E-state index contributed by atoms with van der Waals surface area (Å²) in [5, 5.41) is 0. The van der Waals surface area contributed by atoms with Gasteiger partial charge >= 0.3 is 0 Å². The molecule has 2 atom stereocenters. The summed E-state index contributed by atoms with van der Waals surface area (Å²) in [6, 6.07) is 7.70. The minimum atomic E-state index is 0.301. The molecule has 1 aromatic carbocycles. The quantitative estimate of drug-likeness (QED) is 0.723. The normalized spacial score (nSPS) is 22.8. The molecule has 1 heterocycles. The summed E-state index contributed by atoms with van der Waals surface area (Å²) in [5.41, 5.74) is 0. The molecule has 1 aliphatic rings. The zero-order valence-electron chi connectivity index (χ0n) is 13.0. The maximum atomic E-state index is 5.78. The second-order valence-electron chi connectivity index (χ2n) is 5.44. The summed E-state index contributed by atoms with van der Waals surface area (Å²) in [7, 11) is 0. The van der Waals surface area contributed by atoms with E-state index in [2.05, 4.69) is 25.3 Å². The molecule has 0 radical (unpaired) electrons. The number of rotatable bonds is 7. The zero-order chi connectivity index (χ0) is 15.1. The lowest BCUT2D eigenvalue weighted by Gasteiger charge is -2.35. The summed E-state index contributed by atoms with van der Waals surface area (Å²) >= 11 is 0. The Kier molecular flexibility index (Phi) is 6.08. The van der Waals surface area contributed by atoms with Crippen LogP contribution in [0.1, 0.15) is 13.8 Å².